The lowest BCUT2D eigenvalue weighted by molar-refractivity contribution is -0.384. The van der Waals surface area contributed by atoms with Gasteiger partial charge in [-0.3, -0.25) is 19.2 Å². The number of nitro benzene ring substituents is 1. The van der Waals surface area contributed by atoms with E-state index in [0.717, 1.165) is 21.0 Å². The van der Waals surface area contributed by atoms with E-state index in [2.05, 4.69) is 10.5 Å². The van der Waals surface area contributed by atoms with Crippen molar-refractivity contribution in [1.82, 2.24) is 5.43 Å². The molecule has 4 aromatic carbocycles. The lowest BCUT2D eigenvalue weighted by atomic mass is 10.2. The quantitative estimate of drug-likeness (QED) is 0.150. The molecule has 0 aliphatic carbocycles. The summed E-state index contributed by atoms with van der Waals surface area (Å²) in [6.45, 7) is 3.48. The molecule has 0 radical (unpaired) electrons. The number of sulfonamides is 1. The highest BCUT2D eigenvalue weighted by atomic mass is 32.2. The van der Waals surface area contributed by atoms with Crippen molar-refractivity contribution in [2.24, 2.45) is 5.10 Å². The van der Waals surface area contributed by atoms with Crippen LogP contribution < -0.4 is 14.5 Å². The molecule has 0 spiro atoms. The van der Waals surface area contributed by atoms with Gasteiger partial charge in [-0.15, -0.1) is 0 Å². The highest BCUT2D eigenvalue weighted by molar-refractivity contribution is 7.92. The Labute approximate surface area is 238 Å². The second-order valence-electron chi connectivity index (χ2n) is 9.24. The highest BCUT2D eigenvalue weighted by Crippen LogP contribution is 2.25. The summed E-state index contributed by atoms with van der Waals surface area (Å²) in [5.41, 5.74) is 6.01. The molecule has 210 valence electrons. The second-order valence-corrected chi connectivity index (χ2v) is 11.1. The molecule has 0 aliphatic heterocycles. The molecule has 0 bridgehead atoms. The number of aryl methyl sites for hydroxylation is 2. The van der Waals surface area contributed by atoms with Crippen molar-refractivity contribution in [3.8, 4) is 5.75 Å². The number of nitrogens with zero attached hydrogens (tertiary/aromatic N) is 3. The molecule has 0 unspecified atom stereocenters. The van der Waals surface area contributed by atoms with E-state index in [1.807, 2.05) is 19.9 Å². The largest absolute Gasteiger partial charge is 0.489 e. The van der Waals surface area contributed by atoms with Crippen molar-refractivity contribution in [3.05, 3.63) is 129 Å². The SMILES string of the molecule is Cc1ccc(S(=O)(=O)N(CC(=O)N/N=C\c2ccc(OCc3ccc([N+](=O)[O-])cc3)cc2)c2cccc(C)c2)cc1. The van der Waals surface area contributed by atoms with Crippen molar-refractivity contribution in [2.45, 2.75) is 25.3 Å². The van der Waals surface area contributed by atoms with Crippen LogP contribution in [0.2, 0.25) is 0 Å². The number of hydrogen-bond donors (Lipinski definition) is 1. The average Bonchev–Trinajstić information content (AvgIpc) is 2.96. The summed E-state index contributed by atoms with van der Waals surface area (Å²) in [5, 5.41) is 14.7. The zero-order valence-electron chi connectivity index (χ0n) is 22.4. The Morgan fingerprint density at radius 2 is 1.63 bits per heavy atom. The third kappa shape index (κ3) is 7.76. The number of anilines is 1. The molecule has 10 nitrogen and oxygen atoms in total. The smallest absolute Gasteiger partial charge is 0.269 e. The van der Waals surface area contributed by atoms with E-state index in [1.54, 1.807) is 66.7 Å². The minimum Gasteiger partial charge on any atom is -0.489 e. The summed E-state index contributed by atoms with van der Waals surface area (Å²) < 4.78 is 33.7. The number of ether oxygens (including phenoxy) is 1. The maximum atomic E-state index is 13.5. The molecular formula is C30H28N4O6S. The van der Waals surface area contributed by atoms with E-state index in [0.29, 0.717) is 17.0 Å². The summed E-state index contributed by atoms with van der Waals surface area (Å²) in [6.07, 6.45) is 1.43. The number of hydrazone groups is 1. The van der Waals surface area contributed by atoms with E-state index in [1.165, 1.54) is 30.5 Å². The maximum absolute atomic E-state index is 13.5. The Morgan fingerprint density at radius 1 is 0.951 bits per heavy atom. The number of benzene rings is 4. The van der Waals surface area contributed by atoms with Crippen LogP contribution in [0.3, 0.4) is 0 Å². The molecular weight excluding hydrogens is 544 g/mol. The van der Waals surface area contributed by atoms with Crippen molar-refractivity contribution in [1.29, 1.82) is 0 Å². The van der Waals surface area contributed by atoms with Gasteiger partial charge in [-0.25, -0.2) is 13.8 Å². The number of carbonyl (C=O) groups is 1. The first kappa shape index (κ1) is 29.0. The molecule has 0 saturated carbocycles. The molecule has 0 aliphatic rings. The predicted molar refractivity (Wildman–Crippen MR) is 156 cm³/mol. The van der Waals surface area contributed by atoms with Crippen LogP contribution in [-0.2, 0) is 21.4 Å². The number of amides is 1. The highest BCUT2D eigenvalue weighted by Gasteiger charge is 2.27. The van der Waals surface area contributed by atoms with Crippen LogP contribution in [0.15, 0.2) is 107 Å². The van der Waals surface area contributed by atoms with E-state index in [4.69, 9.17) is 4.74 Å². The molecule has 4 aromatic rings. The van der Waals surface area contributed by atoms with Crippen LogP contribution in [0.25, 0.3) is 0 Å². The Hall–Kier alpha value is -5.03. The minimum atomic E-state index is -4.02. The van der Waals surface area contributed by atoms with Gasteiger partial charge in [0.05, 0.1) is 21.7 Å². The summed E-state index contributed by atoms with van der Waals surface area (Å²) in [6, 6.07) is 26.4. The zero-order chi connectivity index (χ0) is 29.4. The first-order chi connectivity index (χ1) is 19.6. The number of rotatable bonds is 11. The Bertz CT molecular complexity index is 1650. The van der Waals surface area contributed by atoms with Gasteiger partial charge in [-0.1, -0.05) is 29.8 Å². The summed E-state index contributed by atoms with van der Waals surface area (Å²) in [4.78, 5) is 23.2. The van der Waals surface area contributed by atoms with Crippen LogP contribution in [0.1, 0.15) is 22.3 Å². The number of nitrogens with one attached hydrogen (secondary N) is 1. The first-order valence-electron chi connectivity index (χ1n) is 12.6. The minimum absolute atomic E-state index is 0.0141. The topological polar surface area (TPSA) is 131 Å². The maximum Gasteiger partial charge on any atom is 0.269 e. The first-order valence-corrected chi connectivity index (χ1v) is 14.0. The Morgan fingerprint density at radius 3 is 2.27 bits per heavy atom. The predicted octanol–water partition coefficient (Wildman–Crippen LogP) is 5.14. The molecule has 0 aromatic heterocycles. The summed E-state index contributed by atoms with van der Waals surface area (Å²) in [5.74, 6) is -0.0267. The fourth-order valence-corrected chi connectivity index (χ4v) is 5.22. The van der Waals surface area contributed by atoms with Gasteiger partial charge < -0.3 is 4.74 Å². The van der Waals surface area contributed by atoms with Gasteiger partial charge in [0.1, 0.15) is 18.9 Å². The van der Waals surface area contributed by atoms with Gasteiger partial charge in [0.25, 0.3) is 21.6 Å². The van der Waals surface area contributed by atoms with Gasteiger partial charge >= 0.3 is 0 Å². The van der Waals surface area contributed by atoms with Crippen LogP contribution >= 0.6 is 0 Å². The third-order valence-electron chi connectivity index (χ3n) is 6.02. The number of nitro groups is 1. The van der Waals surface area contributed by atoms with Crippen molar-refractivity contribution >= 4 is 33.5 Å². The van der Waals surface area contributed by atoms with E-state index in [-0.39, 0.29) is 17.2 Å². The van der Waals surface area contributed by atoms with E-state index < -0.39 is 27.4 Å². The molecule has 0 atom stereocenters. The van der Waals surface area contributed by atoms with Gasteiger partial charge in [-0.2, -0.15) is 5.10 Å². The Balaban J connectivity index is 1.38. The molecule has 0 saturated heterocycles. The zero-order valence-corrected chi connectivity index (χ0v) is 23.2. The molecule has 0 heterocycles. The van der Waals surface area contributed by atoms with Gasteiger partial charge in [0.15, 0.2) is 0 Å². The number of carbonyl (C=O) groups excluding carboxylic acids is 1. The van der Waals surface area contributed by atoms with Gasteiger partial charge in [0, 0.05) is 12.1 Å². The number of non-ortho nitro benzene ring substituents is 1. The summed E-state index contributed by atoms with van der Waals surface area (Å²) >= 11 is 0. The molecule has 41 heavy (non-hydrogen) atoms. The van der Waals surface area contributed by atoms with Gasteiger partial charge in [0.2, 0.25) is 0 Å². The number of hydrogen-bond acceptors (Lipinski definition) is 7. The fraction of sp³-hybridized carbons (Fsp3) is 0.133. The molecule has 4 rings (SSSR count). The fourth-order valence-electron chi connectivity index (χ4n) is 3.81. The van der Waals surface area contributed by atoms with Gasteiger partial charge in [-0.05, 0) is 91.2 Å². The van der Waals surface area contributed by atoms with Crippen LogP contribution in [0, 0.1) is 24.0 Å². The van der Waals surface area contributed by atoms with Crippen molar-refractivity contribution < 1.29 is 22.9 Å². The Kier molecular flexibility index (Phi) is 9.10. The lowest BCUT2D eigenvalue weighted by Crippen LogP contribution is -2.39. The van der Waals surface area contributed by atoms with Crippen LogP contribution in [0.4, 0.5) is 11.4 Å². The van der Waals surface area contributed by atoms with Crippen molar-refractivity contribution in [2.75, 3.05) is 10.8 Å². The average molecular weight is 573 g/mol. The third-order valence-corrected chi connectivity index (χ3v) is 7.81. The monoisotopic (exact) mass is 572 g/mol. The molecule has 0 fully saturated rings. The van der Waals surface area contributed by atoms with Crippen LogP contribution in [0.5, 0.6) is 5.75 Å². The second kappa shape index (κ2) is 12.9. The van der Waals surface area contributed by atoms with Crippen LogP contribution in [-0.4, -0.2) is 32.0 Å². The van der Waals surface area contributed by atoms with E-state index in [9.17, 15) is 23.3 Å². The summed E-state index contributed by atoms with van der Waals surface area (Å²) in [7, 11) is -4.02. The molecule has 11 heteroatoms. The van der Waals surface area contributed by atoms with Crippen molar-refractivity contribution in [3.63, 3.8) is 0 Å². The lowest BCUT2D eigenvalue weighted by Gasteiger charge is -2.24. The molecule has 1 amide bonds. The molecule has 1 N–H and O–H groups in total. The van der Waals surface area contributed by atoms with E-state index >= 15 is 0 Å². The standard InChI is InChI=1S/C30H28N4O6S/c1-22-6-16-29(17-7-22)41(38,39)33(27-5-3-4-23(2)18-27)20-30(35)32-31-19-24-10-14-28(15-11-24)40-21-25-8-12-26(13-9-25)34(36)37/h3-19H,20-21H2,1-2H3,(H,32,35)/b31-19-. The normalized spacial score (nSPS) is 11.3.